The second-order valence-electron chi connectivity index (χ2n) is 4.24. The van der Waals surface area contributed by atoms with Gasteiger partial charge in [0.25, 0.3) is 0 Å². The average Bonchev–Trinajstić information content (AvgIpc) is 2.88. The highest BCUT2D eigenvalue weighted by atomic mass is 16.5. The molecule has 1 N–H and O–H groups in total. The summed E-state index contributed by atoms with van der Waals surface area (Å²) in [6.45, 7) is 0.448. The molecule has 0 saturated heterocycles. The van der Waals surface area contributed by atoms with Gasteiger partial charge in [0.15, 0.2) is 5.82 Å². The SMILES string of the molecule is N#CCC(O)Cc1nc(CCOc2ccccc2)no1. The highest BCUT2D eigenvalue weighted by Crippen LogP contribution is 2.09. The molecule has 1 aromatic heterocycles. The molecule has 0 aliphatic carbocycles. The lowest BCUT2D eigenvalue weighted by Crippen LogP contribution is -2.09. The third-order valence-corrected chi connectivity index (χ3v) is 2.58. The Kier molecular flexibility index (Phi) is 5.09. The number of aliphatic hydroxyl groups excluding tert-OH is 1. The zero-order chi connectivity index (χ0) is 14.2. The first kappa shape index (κ1) is 14.0. The van der Waals surface area contributed by atoms with Crippen LogP contribution in [0.3, 0.4) is 0 Å². The van der Waals surface area contributed by atoms with Crippen molar-refractivity contribution in [2.75, 3.05) is 6.61 Å². The number of hydrogen-bond donors (Lipinski definition) is 1. The molecule has 20 heavy (non-hydrogen) atoms. The lowest BCUT2D eigenvalue weighted by atomic mass is 10.2. The van der Waals surface area contributed by atoms with E-state index in [4.69, 9.17) is 14.5 Å². The van der Waals surface area contributed by atoms with Gasteiger partial charge in [-0.2, -0.15) is 10.2 Å². The monoisotopic (exact) mass is 273 g/mol. The van der Waals surface area contributed by atoms with Crippen LogP contribution >= 0.6 is 0 Å². The lowest BCUT2D eigenvalue weighted by molar-refractivity contribution is 0.167. The Morgan fingerprint density at radius 2 is 2.15 bits per heavy atom. The second kappa shape index (κ2) is 7.26. The summed E-state index contributed by atoms with van der Waals surface area (Å²) in [5, 5.41) is 21.7. The van der Waals surface area contributed by atoms with Crippen LogP contribution in [0, 0.1) is 11.3 Å². The van der Waals surface area contributed by atoms with Gasteiger partial charge in [0.2, 0.25) is 5.89 Å². The van der Waals surface area contributed by atoms with Crippen LogP contribution in [-0.4, -0.2) is 28.0 Å². The molecule has 1 atom stereocenters. The van der Waals surface area contributed by atoms with Crippen molar-refractivity contribution in [2.45, 2.75) is 25.4 Å². The van der Waals surface area contributed by atoms with E-state index in [2.05, 4.69) is 10.1 Å². The van der Waals surface area contributed by atoms with Gasteiger partial charge in [-0.1, -0.05) is 23.4 Å². The van der Waals surface area contributed by atoms with Gasteiger partial charge in [-0.05, 0) is 12.1 Å². The zero-order valence-corrected chi connectivity index (χ0v) is 10.9. The van der Waals surface area contributed by atoms with E-state index >= 15 is 0 Å². The van der Waals surface area contributed by atoms with E-state index in [0.29, 0.717) is 24.7 Å². The Hall–Kier alpha value is -2.39. The topological polar surface area (TPSA) is 92.2 Å². The standard InChI is InChI=1S/C14H15N3O3/c15-8-6-11(18)10-14-16-13(17-20-14)7-9-19-12-4-2-1-3-5-12/h1-5,11,18H,6-7,9-10H2. The Bertz CT molecular complexity index is 563. The van der Waals surface area contributed by atoms with Gasteiger partial charge in [-0.25, -0.2) is 0 Å². The van der Waals surface area contributed by atoms with Crippen LogP contribution in [0.4, 0.5) is 0 Å². The fourth-order valence-corrected chi connectivity index (χ4v) is 1.63. The molecule has 6 nitrogen and oxygen atoms in total. The molecule has 1 aromatic carbocycles. The minimum Gasteiger partial charge on any atom is -0.493 e. The van der Waals surface area contributed by atoms with Crippen molar-refractivity contribution in [1.82, 2.24) is 10.1 Å². The van der Waals surface area contributed by atoms with Crippen molar-refractivity contribution in [1.29, 1.82) is 5.26 Å². The molecule has 104 valence electrons. The molecule has 0 fully saturated rings. The maximum Gasteiger partial charge on any atom is 0.229 e. The molecule has 1 heterocycles. The van der Waals surface area contributed by atoms with Crippen molar-refractivity contribution >= 4 is 0 Å². The molecule has 0 saturated carbocycles. The van der Waals surface area contributed by atoms with E-state index in [1.54, 1.807) is 0 Å². The summed E-state index contributed by atoms with van der Waals surface area (Å²) in [6, 6.07) is 11.4. The third kappa shape index (κ3) is 4.37. The summed E-state index contributed by atoms with van der Waals surface area (Å²) in [7, 11) is 0. The number of nitriles is 1. The van der Waals surface area contributed by atoms with Crippen molar-refractivity contribution in [3.8, 4) is 11.8 Å². The number of para-hydroxylation sites is 1. The molecule has 0 aliphatic heterocycles. The van der Waals surface area contributed by atoms with Crippen LogP contribution in [0.5, 0.6) is 5.75 Å². The number of nitrogens with zero attached hydrogens (tertiary/aromatic N) is 3. The van der Waals surface area contributed by atoms with E-state index in [1.165, 1.54) is 0 Å². The van der Waals surface area contributed by atoms with Gasteiger partial charge in [0.1, 0.15) is 5.75 Å². The predicted octanol–water partition coefficient (Wildman–Crippen LogP) is 1.51. The van der Waals surface area contributed by atoms with Gasteiger partial charge < -0.3 is 14.4 Å². The van der Waals surface area contributed by atoms with Crippen molar-refractivity contribution in [3.05, 3.63) is 42.0 Å². The van der Waals surface area contributed by atoms with Crippen molar-refractivity contribution in [2.24, 2.45) is 0 Å². The summed E-state index contributed by atoms with van der Waals surface area (Å²) in [4.78, 5) is 4.14. The largest absolute Gasteiger partial charge is 0.493 e. The third-order valence-electron chi connectivity index (χ3n) is 2.58. The maximum absolute atomic E-state index is 9.46. The lowest BCUT2D eigenvalue weighted by Gasteiger charge is -2.03. The van der Waals surface area contributed by atoms with Crippen LogP contribution in [0.25, 0.3) is 0 Å². The summed E-state index contributed by atoms with van der Waals surface area (Å²) >= 11 is 0. The summed E-state index contributed by atoms with van der Waals surface area (Å²) in [5.41, 5.74) is 0. The Morgan fingerprint density at radius 3 is 2.90 bits per heavy atom. The van der Waals surface area contributed by atoms with E-state index in [1.807, 2.05) is 36.4 Å². The molecule has 0 aliphatic rings. The molecule has 2 rings (SSSR count). The summed E-state index contributed by atoms with van der Waals surface area (Å²) < 4.78 is 10.5. The van der Waals surface area contributed by atoms with Crippen molar-refractivity contribution < 1.29 is 14.4 Å². The minimum absolute atomic E-state index is 0.0504. The number of hydrogen-bond acceptors (Lipinski definition) is 6. The van der Waals surface area contributed by atoms with Crippen LogP contribution in [0.2, 0.25) is 0 Å². The smallest absolute Gasteiger partial charge is 0.229 e. The first-order valence-electron chi connectivity index (χ1n) is 6.32. The number of aliphatic hydroxyl groups is 1. The highest BCUT2D eigenvalue weighted by molar-refractivity contribution is 5.20. The molecule has 2 aromatic rings. The van der Waals surface area contributed by atoms with Crippen LogP contribution in [-0.2, 0) is 12.8 Å². The van der Waals surface area contributed by atoms with Crippen LogP contribution < -0.4 is 4.74 Å². The minimum atomic E-state index is -0.770. The molecule has 6 heteroatoms. The predicted molar refractivity (Wildman–Crippen MR) is 69.9 cm³/mol. The first-order valence-corrected chi connectivity index (χ1v) is 6.32. The molecular weight excluding hydrogens is 258 g/mol. The molecule has 0 bridgehead atoms. The molecule has 0 radical (unpaired) electrons. The Morgan fingerprint density at radius 1 is 1.35 bits per heavy atom. The molecule has 0 amide bonds. The fourth-order valence-electron chi connectivity index (χ4n) is 1.63. The van der Waals surface area contributed by atoms with Gasteiger partial charge in [-0.3, -0.25) is 0 Å². The van der Waals surface area contributed by atoms with E-state index in [9.17, 15) is 5.11 Å². The highest BCUT2D eigenvalue weighted by Gasteiger charge is 2.12. The zero-order valence-electron chi connectivity index (χ0n) is 10.9. The first-order chi connectivity index (χ1) is 9.78. The molecular formula is C14H15N3O3. The Balaban J connectivity index is 1.77. The quantitative estimate of drug-likeness (QED) is 0.822. The van der Waals surface area contributed by atoms with E-state index in [-0.39, 0.29) is 12.8 Å². The average molecular weight is 273 g/mol. The normalized spacial score (nSPS) is 11.8. The maximum atomic E-state index is 9.46. The fraction of sp³-hybridized carbons (Fsp3) is 0.357. The summed E-state index contributed by atoms with van der Waals surface area (Å²) in [5.74, 6) is 1.66. The van der Waals surface area contributed by atoms with Gasteiger partial charge >= 0.3 is 0 Å². The Labute approximate surface area is 116 Å². The van der Waals surface area contributed by atoms with Crippen LogP contribution in [0.1, 0.15) is 18.1 Å². The van der Waals surface area contributed by atoms with Gasteiger partial charge in [-0.15, -0.1) is 0 Å². The second-order valence-corrected chi connectivity index (χ2v) is 4.24. The van der Waals surface area contributed by atoms with Crippen molar-refractivity contribution in [3.63, 3.8) is 0 Å². The number of aromatic nitrogens is 2. The van der Waals surface area contributed by atoms with E-state index in [0.717, 1.165) is 5.75 Å². The van der Waals surface area contributed by atoms with Crippen LogP contribution in [0.15, 0.2) is 34.9 Å². The number of rotatable bonds is 7. The molecule has 1 unspecified atom stereocenters. The van der Waals surface area contributed by atoms with Gasteiger partial charge in [0.05, 0.1) is 31.6 Å². The van der Waals surface area contributed by atoms with Gasteiger partial charge in [0, 0.05) is 6.42 Å². The number of benzene rings is 1. The summed E-state index contributed by atoms with van der Waals surface area (Å²) in [6.07, 6.45) is -0.00402. The molecule has 0 spiro atoms. The number of ether oxygens (including phenoxy) is 1. The van der Waals surface area contributed by atoms with E-state index < -0.39 is 6.10 Å².